The Balaban J connectivity index is 1.68. The number of anilines is 1. The molecule has 0 radical (unpaired) electrons. The molecule has 2 amide bonds. The van der Waals surface area contributed by atoms with Crippen LogP contribution in [0.25, 0.3) is 5.69 Å². The molecule has 1 fully saturated rings. The van der Waals surface area contributed by atoms with Gasteiger partial charge >= 0.3 is 6.03 Å². The summed E-state index contributed by atoms with van der Waals surface area (Å²) in [6.45, 7) is 2.66. The number of imidazole rings is 1. The van der Waals surface area contributed by atoms with Crippen molar-refractivity contribution in [3.63, 3.8) is 0 Å². The highest BCUT2D eigenvalue weighted by Crippen LogP contribution is 2.19. The largest absolute Gasteiger partial charge is 0.394 e. The molecule has 0 bridgehead atoms. The zero-order valence-corrected chi connectivity index (χ0v) is 13.3. The molecular formula is C17H22N4O2. The number of urea groups is 1. The summed E-state index contributed by atoms with van der Waals surface area (Å²) in [6.07, 6.45) is 6.58. The van der Waals surface area contributed by atoms with E-state index in [0.29, 0.717) is 6.54 Å². The van der Waals surface area contributed by atoms with E-state index in [1.54, 1.807) is 11.1 Å². The quantitative estimate of drug-likeness (QED) is 0.914. The van der Waals surface area contributed by atoms with Crippen molar-refractivity contribution in [3.05, 3.63) is 42.5 Å². The second-order valence-electron chi connectivity index (χ2n) is 5.85. The number of likely N-dealkylation sites (tertiary alicyclic amines) is 1. The normalized spacial score (nSPS) is 18.0. The summed E-state index contributed by atoms with van der Waals surface area (Å²) < 4.78 is 1.98. The van der Waals surface area contributed by atoms with E-state index in [1.165, 1.54) is 0 Å². The molecule has 1 aliphatic heterocycles. The molecule has 6 heteroatoms. The first-order valence-electron chi connectivity index (χ1n) is 7.98. The summed E-state index contributed by atoms with van der Waals surface area (Å²) in [5, 5.41) is 12.3. The molecular weight excluding hydrogens is 292 g/mol. The number of aliphatic hydroxyl groups excluding tert-OH is 1. The van der Waals surface area contributed by atoms with E-state index >= 15 is 0 Å². The minimum absolute atomic E-state index is 0.0201. The SMILES string of the molecule is Cc1nccn1-c1ccc(NC(=O)N2CCCC[C@@H]2CO)cc1. The molecule has 1 aromatic carbocycles. The lowest BCUT2D eigenvalue weighted by Crippen LogP contribution is -2.47. The van der Waals surface area contributed by atoms with E-state index < -0.39 is 0 Å². The highest BCUT2D eigenvalue weighted by molar-refractivity contribution is 5.89. The Bertz CT molecular complexity index is 665. The predicted molar refractivity (Wildman–Crippen MR) is 88.8 cm³/mol. The Labute approximate surface area is 135 Å². The molecule has 1 saturated heterocycles. The first kappa shape index (κ1) is 15.6. The fourth-order valence-electron chi connectivity index (χ4n) is 3.01. The van der Waals surface area contributed by atoms with Gasteiger partial charge in [0.2, 0.25) is 0 Å². The number of aromatic nitrogens is 2. The van der Waals surface area contributed by atoms with Gasteiger partial charge in [-0.3, -0.25) is 0 Å². The van der Waals surface area contributed by atoms with Crippen molar-refractivity contribution in [2.45, 2.75) is 32.2 Å². The van der Waals surface area contributed by atoms with Gasteiger partial charge in [-0.25, -0.2) is 9.78 Å². The van der Waals surface area contributed by atoms with E-state index in [1.807, 2.05) is 42.0 Å². The number of carbonyl (C=O) groups is 1. The Morgan fingerprint density at radius 3 is 2.78 bits per heavy atom. The van der Waals surface area contributed by atoms with Crippen LogP contribution in [0.15, 0.2) is 36.7 Å². The van der Waals surface area contributed by atoms with Gasteiger partial charge < -0.3 is 19.9 Å². The van der Waals surface area contributed by atoms with Crippen LogP contribution in [-0.4, -0.2) is 44.8 Å². The number of rotatable bonds is 3. The van der Waals surface area contributed by atoms with E-state index in [9.17, 15) is 9.90 Å². The summed E-state index contributed by atoms with van der Waals surface area (Å²) in [7, 11) is 0. The highest BCUT2D eigenvalue weighted by Gasteiger charge is 2.25. The lowest BCUT2D eigenvalue weighted by molar-refractivity contribution is 0.115. The maximum Gasteiger partial charge on any atom is 0.322 e. The number of hydrogen-bond donors (Lipinski definition) is 2. The van der Waals surface area contributed by atoms with E-state index in [2.05, 4.69) is 10.3 Å². The van der Waals surface area contributed by atoms with Gasteiger partial charge in [-0.1, -0.05) is 0 Å². The molecule has 6 nitrogen and oxygen atoms in total. The Kier molecular flexibility index (Phi) is 4.62. The number of nitrogens with one attached hydrogen (secondary N) is 1. The third kappa shape index (κ3) is 3.37. The molecule has 0 saturated carbocycles. The molecule has 3 rings (SSSR count). The molecule has 2 N–H and O–H groups in total. The second kappa shape index (κ2) is 6.83. The third-order valence-electron chi connectivity index (χ3n) is 4.32. The van der Waals surface area contributed by atoms with Crippen molar-refractivity contribution in [2.75, 3.05) is 18.5 Å². The Morgan fingerprint density at radius 2 is 2.13 bits per heavy atom. The minimum Gasteiger partial charge on any atom is -0.394 e. The number of piperidine rings is 1. The second-order valence-corrected chi connectivity index (χ2v) is 5.85. The van der Waals surface area contributed by atoms with Gasteiger partial charge in [0.25, 0.3) is 0 Å². The third-order valence-corrected chi connectivity index (χ3v) is 4.32. The summed E-state index contributed by atoms with van der Waals surface area (Å²) in [5.41, 5.74) is 1.75. The first-order valence-corrected chi connectivity index (χ1v) is 7.98. The van der Waals surface area contributed by atoms with Gasteiger partial charge in [-0.05, 0) is 50.5 Å². The summed E-state index contributed by atoms with van der Waals surface area (Å²) in [6, 6.07) is 7.44. The minimum atomic E-state index is -0.143. The van der Waals surface area contributed by atoms with Crippen molar-refractivity contribution < 1.29 is 9.90 Å². The van der Waals surface area contributed by atoms with Crippen LogP contribution in [0, 0.1) is 6.92 Å². The number of aliphatic hydroxyl groups is 1. The monoisotopic (exact) mass is 314 g/mol. The van der Waals surface area contributed by atoms with Gasteiger partial charge in [0.05, 0.1) is 12.6 Å². The van der Waals surface area contributed by atoms with Crippen LogP contribution in [0.1, 0.15) is 25.1 Å². The average Bonchev–Trinajstić information content (AvgIpc) is 3.01. The molecule has 1 aliphatic rings. The molecule has 0 unspecified atom stereocenters. The maximum absolute atomic E-state index is 12.4. The lowest BCUT2D eigenvalue weighted by atomic mass is 10.0. The molecule has 0 aliphatic carbocycles. The maximum atomic E-state index is 12.4. The number of hydrogen-bond acceptors (Lipinski definition) is 3. The van der Waals surface area contributed by atoms with Gasteiger partial charge in [0.1, 0.15) is 5.82 Å². The Morgan fingerprint density at radius 1 is 1.35 bits per heavy atom. The van der Waals surface area contributed by atoms with Gasteiger partial charge in [-0.2, -0.15) is 0 Å². The van der Waals surface area contributed by atoms with Crippen molar-refractivity contribution in [1.29, 1.82) is 0 Å². The van der Waals surface area contributed by atoms with Crippen LogP contribution in [0.2, 0.25) is 0 Å². The van der Waals surface area contributed by atoms with Gasteiger partial charge in [0.15, 0.2) is 0 Å². The van der Waals surface area contributed by atoms with Crippen LogP contribution < -0.4 is 5.32 Å². The van der Waals surface area contributed by atoms with Crippen molar-refractivity contribution in [1.82, 2.24) is 14.5 Å². The van der Waals surface area contributed by atoms with E-state index in [-0.39, 0.29) is 18.7 Å². The van der Waals surface area contributed by atoms with Gasteiger partial charge in [-0.15, -0.1) is 0 Å². The zero-order chi connectivity index (χ0) is 16.2. The number of carbonyl (C=O) groups excluding carboxylic acids is 1. The molecule has 0 spiro atoms. The van der Waals surface area contributed by atoms with Crippen LogP contribution in [0.5, 0.6) is 0 Å². The summed E-state index contributed by atoms with van der Waals surface area (Å²) >= 11 is 0. The zero-order valence-electron chi connectivity index (χ0n) is 13.3. The molecule has 2 heterocycles. The number of amides is 2. The smallest absolute Gasteiger partial charge is 0.322 e. The van der Waals surface area contributed by atoms with Crippen LogP contribution >= 0.6 is 0 Å². The number of nitrogens with zero attached hydrogens (tertiary/aromatic N) is 3. The average molecular weight is 314 g/mol. The summed E-state index contributed by atoms with van der Waals surface area (Å²) in [5.74, 6) is 0.917. The van der Waals surface area contributed by atoms with Crippen LogP contribution in [0.3, 0.4) is 0 Å². The number of aryl methyl sites for hydroxylation is 1. The first-order chi connectivity index (χ1) is 11.2. The summed E-state index contributed by atoms with van der Waals surface area (Å²) in [4.78, 5) is 18.3. The molecule has 122 valence electrons. The highest BCUT2D eigenvalue weighted by atomic mass is 16.3. The molecule has 1 aromatic heterocycles. The van der Waals surface area contributed by atoms with Gasteiger partial charge in [0, 0.05) is 30.3 Å². The Hall–Kier alpha value is -2.34. The predicted octanol–water partition coefficient (Wildman–Crippen LogP) is 2.56. The molecule has 23 heavy (non-hydrogen) atoms. The van der Waals surface area contributed by atoms with Crippen molar-refractivity contribution in [3.8, 4) is 5.69 Å². The van der Waals surface area contributed by atoms with E-state index in [0.717, 1.165) is 36.5 Å². The number of benzene rings is 1. The molecule has 1 atom stereocenters. The topological polar surface area (TPSA) is 70.4 Å². The van der Waals surface area contributed by atoms with E-state index in [4.69, 9.17) is 0 Å². The molecule has 2 aromatic rings. The standard InChI is InChI=1S/C17H22N4O2/c1-13-18-9-11-20(13)15-7-5-14(6-8-15)19-17(23)21-10-3-2-4-16(21)12-22/h5-9,11,16,22H,2-4,10,12H2,1H3,(H,19,23)/t16-/m1/s1. The van der Waals surface area contributed by atoms with Crippen molar-refractivity contribution >= 4 is 11.7 Å². The van der Waals surface area contributed by atoms with Crippen LogP contribution in [-0.2, 0) is 0 Å². The lowest BCUT2D eigenvalue weighted by Gasteiger charge is -2.34. The fraction of sp³-hybridized carbons (Fsp3) is 0.412. The fourth-order valence-corrected chi connectivity index (χ4v) is 3.01. The van der Waals surface area contributed by atoms with Crippen LogP contribution in [0.4, 0.5) is 10.5 Å². The van der Waals surface area contributed by atoms with Crippen molar-refractivity contribution in [2.24, 2.45) is 0 Å².